The van der Waals surface area contributed by atoms with E-state index in [4.69, 9.17) is 16.2 Å². The molecule has 0 unspecified atom stereocenters. The van der Waals surface area contributed by atoms with Gasteiger partial charge in [-0.15, -0.1) is 0 Å². The van der Waals surface area contributed by atoms with Crippen molar-refractivity contribution in [3.05, 3.63) is 0 Å². The van der Waals surface area contributed by atoms with Gasteiger partial charge in [-0.1, -0.05) is 0 Å². The van der Waals surface area contributed by atoms with Crippen LogP contribution in [0.1, 0.15) is 66.7 Å². The molecule has 0 spiro atoms. The Morgan fingerprint density at radius 3 is 0.762 bits per heavy atom. The van der Waals surface area contributed by atoms with E-state index in [1.54, 1.807) is 0 Å². The topological polar surface area (TPSA) is 46.2 Å². The van der Waals surface area contributed by atoms with E-state index in [-0.39, 0.29) is 0 Å². The molecular weight excluding hydrogens is 353 g/mol. The second-order valence-corrected chi connectivity index (χ2v) is 11.7. The van der Waals surface area contributed by atoms with Crippen LogP contribution in [0.5, 0.6) is 0 Å². The third-order valence-corrected chi connectivity index (χ3v) is 9.96. The van der Waals surface area contributed by atoms with Crippen molar-refractivity contribution >= 4 is 0 Å². The van der Waals surface area contributed by atoms with Gasteiger partial charge >= 0.3 is 134 Å². The van der Waals surface area contributed by atoms with Gasteiger partial charge in [0.25, 0.3) is 0 Å². The average Bonchev–Trinajstić information content (AvgIpc) is 2.53. The fraction of sp³-hybridized carbons (Fsp3) is 1.00. The van der Waals surface area contributed by atoms with Crippen molar-refractivity contribution in [1.82, 2.24) is 0 Å². The molecule has 0 amide bonds. The Labute approximate surface area is 134 Å². The molecule has 0 rings (SSSR count). The van der Waals surface area contributed by atoms with Crippen molar-refractivity contribution in [3.8, 4) is 0 Å². The van der Waals surface area contributed by atoms with Crippen LogP contribution in [0.4, 0.5) is 0 Å². The van der Waals surface area contributed by atoms with Crippen LogP contribution in [0.3, 0.4) is 0 Å². The van der Waals surface area contributed by atoms with Crippen LogP contribution in [0.15, 0.2) is 0 Å². The van der Waals surface area contributed by atoms with Gasteiger partial charge in [-0.3, -0.25) is 0 Å². The Kier molecular flexibility index (Phi) is 12.3. The molecule has 5 nitrogen and oxygen atoms in total. The SMILES string of the molecule is CCC[O][Nb]([O]CCC)([O]CCC)([O]CCC)[O]CCC. The number of hydrogen-bond acceptors (Lipinski definition) is 5. The zero-order valence-electron chi connectivity index (χ0n) is 14.6. The summed E-state index contributed by atoms with van der Waals surface area (Å²) in [5, 5.41) is 0. The van der Waals surface area contributed by atoms with Gasteiger partial charge in [0.15, 0.2) is 0 Å². The first-order valence-electron chi connectivity index (χ1n) is 8.39. The summed E-state index contributed by atoms with van der Waals surface area (Å²) in [7, 11) is 0. The third-order valence-electron chi connectivity index (χ3n) is 2.53. The Balaban J connectivity index is 5.33. The first-order valence-corrected chi connectivity index (χ1v) is 12.9. The predicted octanol–water partition coefficient (Wildman–Crippen LogP) is 4.38. The van der Waals surface area contributed by atoms with Gasteiger partial charge in [0.05, 0.1) is 0 Å². The van der Waals surface area contributed by atoms with Crippen molar-refractivity contribution in [2.75, 3.05) is 33.0 Å². The summed E-state index contributed by atoms with van der Waals surface area (Å²) in [5.74, 6) is 0. The second-order valence-electron chi connectivity index (χ2n) is 4.91. The molecule has 0 bridgehead atoms. The number of rotatable bonds is 15. The molecule has 0 aliphatic heterocycles. The molecule has 0 aromatic heterocycles. The van der Waals surface area contributed by atoms with Crippen molar-refractivity contribution in [3.63, 3.8) is 0 Å². The molecule has 0 saturated carbocycles. The van der Waals surface area contributed by atoms with Crippen molar-refractivity contribution in [1.29, 1.82) is 0 Å². The maximum absolute atomic E-state index is 6.09. The minimum atomic E-state index is -4.88. The summed E-state index contributed by atoms with van der Waals surface area (Å²) < 4.78 is 30.4. The van der Waals surface area contributed by atoms with Gasteiger partial charge in [0, 0.05) is 0 Å². The van der Waals surface area contributed by atoms with Crippen LogP contribution in [0.2, 0.25) is 0 Å². The van der Waals surface area contributed by atoms with E-state index in [2.05, 4.69) is 34.6 Å². The van der Waals surface area contributed by atoms with Crippen LogP contribution in [0, 0.1) is 0 Å². The van der Waals surface area contributed by atoms with Crippen LogP contribution in [-0.2, 0) is 34.0 Å². The molecule has 6 heteroatoms. The number of hydrogen-bond donors (Lipinski definition) is 0. The van der Waals surface area contributed by atoms with E-state index in [1.807, 2.05) is 0 Å². The zero-order valence-corrected chi connectivity index (χ0v) is 16.8. The summed E-state index contributed by atoms with van der Waals surface area (Å²) >= 11 is -4.88. The summed E-state index contributed by atoms with van der Waals surface area (Å²) in [6.07, 6.45) is 4.36. The van der Waals surface area contributed by atoms with Crippen LogP contribution >= 0.6 is 0 Å². The predicted molar refractivity (Wildman–Crippen MR) is 81.2 cm³/mol. The Morgan fingerprint density at radius 2 is 0.619 bits per heavy atom. The molecule has 21 heavy (non-hydrogen) atoms. The fourth-order valence-electron chi connectivity index (χ4n) is 1.57. The first-order chi connectivity index (χ1) is 10.1. The Hall–Kier alpha value is 0.540. The van der Waals surface area contributed by atoms with E-state index in [9.17, 15) is 0 Å². The summed E-state index contributed by atoms with van der Waals surface area (Å²) in [6, 6.07) is 0. The molecule has 0 aromatic carbocycles. The monoisotopic (exact) mass is 388 g/mol. The molecular formula is C15H35NbO5. The van der Waals surface area contributed by atoms with Gasteiger partial charge in [-0.25, -0.2) is 0 Å². The van der Waals surface area contributed by atoms with Gasteiger partial charge in [-0.05, 0) is 0 Å². The standard InChI is InChI=1S/5C3H7O.Nb/c5*1-2-3-4;/h5*2-3H2,1H3;/q5*-1;+5. The van der Waals surface area contributed by atoms with Gasteiger partial charge in [0.2, 0.25) is 0 Å². The van der Waals surface area contributed by atoms with Gasteiger partial charge in [0.1, 0.15) is 0 Å². The van der Waals surface area contributed by atoms with Crippen LogP contribution < -0.4 is 0 Å². The van der Waals surface area contributed by atoms with Crippen LogP contribution in [0.25, 0.3) is 0 Å². The average molecular weight is 388 g/mol. The summed E-state index contributed by atoms with van der Waals surface area (Å²) in [6.45, 7) is 12.9. The van der Waals surface area contributed by atoms with Crippen molar-refractivity contribution in [2.45, 2.75) is 66.7 Å². The second kappa shape index (κ2) is 12.0. The fourth-order valence-corrected chi connectivity index (χ4v) is 9.31. The van der Waals surface area contributed by atoms with Gasteiger partial charge in [-0.2, -0.15) is 0 Å². The summed E-state index contributed by atoms with van der Waals surface area (Å²) in [5.41, 5.74) is 0. The maximum atomic E-state index is 6.09. The van der Waals surface area contributed by atoms with E-state index < -0.39 is 17.8 Å². The molecule has 0 radical (unpaired) electrons. The normalized spacial score (nSPS) is 14.0. The quantitative estimate of drug-likeness (QED) is 0.390. The minimum absolute atomic E-state index is 0.530. The molecule has 0 atom stereocenters. The molecule has 0 heterocycles. The molecule has 0 aromatic rings. The summed E-state index contributed by atoms with van der Waals surface area (Å²) in [4.78, 5) is 0. The van der Waals surface area contributed by atoms with Gasteiger partial charge < -0.3 is 0 Å². The molecule has 0 fully saturated rings. The third kappa shape index (κ3) is 7.57. The molecule has 0 aliphatic carbocycles. The molecule has 130 valence electrons. The van der Waals surface area contributed by atoms with E-state index in [1.165, 1.54) is 0 Å². The Bertz CT molecular complexity index is 186. The molecule has 0 N–H and O–H groups in total. The first kappa shape index (κ1) is 21.5. The van der Waals surface area contributed by atoms with E-state index in [0.29, 0.717) is 33.0 Å². The van der Waals surface area contributed by atoms with E-state index in [0.717, 1.165) is 32.1 Å². The van der Waals surface area contributed by atoms with Crippen LogP contribution in [-0.4, -0.2) is 33.0 Å². The molecule has 0 aliphatic rings. The van der Waals surface area contributed by atoms with Crippen molar-refractivity contribution in [2.24, 2.45) is 0 Å². The van der Waals surface area contributed by atoms with E-state index >= 15 is 0 Å². The Morgan fingerprint density at radius 1 is 0.429 bits per heavy atom. The molecule has 0 saturated heterocycles. The zero-order chi connectivity index (χ0) is 16.1. The van der Waals surface area contributed by atoms with Crippen molar-refractivity contribution < 1.29 is 34.0 Å².